The first-order chi connectivity index (χ1) is 8.59. The summed E-state index contributed by atoms with van der Waals surface area (Å²) in [7, 11) is 0. The van der Waals surface area contributed by atoms with Gasteiger partial charge in [-0.05, 0) is 0 Å². The summed E-state index contributed by atoms with van der Waals surface area (Å²) in [5, 5.41) is 0. The van der Waals surface area contributed by atoms with Gasteiger partial charge in [-0.3, -0.25) is 0 Å². The Kier molecular flexibility index (Phi) is 0.240. The van der Waals surface area contributed by atoms with E-state index in [0.717, 1.165) is 28.9 Å². The van der Waals surface area contributed by atoms with Crippen LogP contribution in [0, 0.1) is 0 Å². The molecule has 0 amide bonds. The Labute approximate surface area is 102 Å². The molecular formula is C16H18FeO2. The van der Waals surface area contributed by atoms with Gasteiger partial charge in [0.15, 0.2) is 0 Å². The third kappa shape index (κ3) is 0.0645. The summed E-state index contributed by atoms with van der Waals surface area (Å²) in [6.45, 7) is 5.04. The van der Waals surface area contributed by atoms with E-state index in [-0.39, 0.29) is 8.63 Å². The van der Waals surface area contributed by atoms with Crippen LogP contribution in [-0.2, 0) is 16.1 Å². The fourth-order valence-electron chi connectivity index (χ4n) is 21.5. The predicted octanol–water partition coefficient (Wildman–Crippen LogP) is 4.07. The summed E-state index contributed by atoms with van der Waals surface area (Å²) in [5.74, 6) is 1.11. The molecule has 2 nitrogen and oxygen atoms in total. The molecule has 10 fully saturated rings. The Hall–Kier alpha value is -0.141. The first-order valence-corrected chi connectivity index (χ1v) is 13.8. The molecule has 0 saturated carbocycles. The summed E-state index contributed by atoms with van der Waals surface area (Å²) in [5.41, 5.74) is 0. The van der Waals surface area contributed by atoms with Crippen LogP contribution in [0.2, 0.25) is 46.2 Å². The van der Waals surface area contributed by atoms with Crippen molar-refractivity contribution in [1.82, 2.24) is 0 Å². The zero-order valence-corrected chi connectivity index (χ0v) is 12.7. The first-order valence-electron chi connectivity index (χ1n) is 7.82. The second-order valence-corrected chi connectivity index (χ2v) is 34.9. The van der Waals surface area contributed by atoms with Gasteiger partial charge in [0.1, 0.15) is 0 Å². The van der Waals surface area contributed by atoms with Crippen LogP contribution < -0.4 is 0 Å². The molecule has 3 heteroatoms. The molecule has 0 radical (unpaired) electrons. The van der Waals surface area contributed by atoms with Crippen molar-refractivity contribution < 1.29 is 16.1 Å². The Balaban J connectivity index is 1.76. The molecule has 0 aromatic carbocycles. The molecule has 10 aliphatic heterocycles. The zero-order chi connectivity index (χ0) is 12.9. The number of fused-ring (bicyclic) bond motifs is 10. The Bertz CT molecular complexity index is 1190. The first kappa shape index (κ1) is 7.75. The van der Waals surface area contributed by atoms with E-state index in [1.54, 1.807) is 0 Å². The molecule has 0 aliphatic carbocycles. The second-order valence-electron chi connectivity index (χ2n) is 11.8. The van der Waals surface area contributed by atoms with Crippen LogP contribution in [0.5, 0.6) is 0 Å². The monoisotopic (exact) mass is 298 g/mol. The van der Waals surface area contributed by atoms with E-state index in [1.165, 1.54) is 0 Å². The van der Waals surface area contributed by atoms with Crippen molar-refractivity contribution in [2.75, 3.05) is 0 Å². The van der Waals surface area contributed by atoms with Crippen molar-refractivity contribution in [3.8, 4) is 0 Å². The van der Waals surface area contributed by atoms with Gasteiger partial charge >= 0.3 is 102 Å². The maximum atomic E-state index is 12.8. The number of rotatable bonds is 2. The molecule has 10 atom stereocenters. The molecule has 0 aromatic heterocycles. The van der Waals surface area contributed by atoms with Crippen LogP contribution in [0.15, 0.2) is 0 Å². The van der Waals surface area contributed by atoms with E-state index in [2.05, 4.69) is 13.8 Å². The van der Waals surface area contributed by atoms with Gasteiger partial charge < -0.3 is 0 Å². The predicted molar refractivity (Wildman–Crippen MR) is 66.0 cm³/mol. The van der Waals surface area contributed by atoms with Crippen molar-refractivity contribution >= 4 is 11.6 Å². The molecule has 10 saturated heterocycles. The molecule has 19 heavy (non-hydrogen) atoms. The van der Waals surface area contributed by atoms with Crippen molar-refractivity contribution in [1.29, 1.82) is 0 Å². The van der Waals surface area contributed by atoms with E-state index in [9.17, 15) is 9.59 Å². The number of carbonyl (C=O) groups is 2. The van der Waals surface area contributed by atoms with Gasteiger partial charge in [-0.15, -0.1) is 0 Å². The van der Waals surface area contributed by atoms with Gasteiger partial charge in [0.05, 0.1) is 0 Å². The summed E-state index contributed by atoms with van der Waals surface area (Å²) in [6.07, 6.45) is 0. The molecule has 10 heterocycles. The van der Waals surface area contributed by atoms with Crippen LogP contribution in [0.3, 0.4) is 0 Å². The van der Waals surface area contributed by atoms with Crippen LogP contribution in [0.1, 0.15) is 27.7 Å². The molecule has 0 N–H and O–H groups in total. The van der Waals surface area contributed by atoms with Gasteiger partial charge in [0, 0.05) is 0 Å². The third-order valence-corrected chi connectivity index (χ3v) is 64.0. The number of hydrogen-bond acceptors (Lipinski definition) is 2. The second kappa shape index (κ2) is 0.589. The number of Topliss-reactive ketones (excluding diaryl/α,β-unsaturated/α-hetero) is 2. The Morgan fingerprint density at radius 2 is 1.16 bits per heavy atom. The molecule has 0 bridgehead atoms. The summed E-state index contributed by atoms with van der Waals surface area (Å²) < 4.78 is 1.61. The minimum atomic E-state index is -3.93. The number of carbonyl (C=O) groups excluding carboxylic acids is 2. The molecule has 1 spiro atoms. The minimum absolute atomic E-state index is 0.203. The van der Waals surface area contributed by atoms with Crippen LogP contribution >= 0.6 is 0 Å². The standard InChI is InChI=1S/2C8H9O.Fe/c2*1-6-3-4-8(5-6)7(2)9;/h2*3-5H,1-2H3;. The summed E-state index contributed by atoms with van der Waals surface area (Å²) >= 11 is 0. The third-order valence-electron chi connectivity index (χ3n) is 17.5. The van der Waals surface area contributed by atoms with Crippen molar-refractivity contribution in [3.63, 3.8) is 0 Å². The molecule has 102 valence electrons. The van der Waals surface area contributed by atoms with E-state index in [0.29, 0.717) is 20.2 Å². The Morgan fingerprint density at radius 3 is 1.26 bits per heavy atom. The van der Waals surface area contributed by atoms with Gasteiger partial charge in [-0.25, -0.2) is 0 Å². The molecule has 10 aliphatic rings. The molecule has 0 aromatic rings. The fourth-order valence-corrected chi connectivity index (χ4v) is 105. The van der Waals surface area contributed by atoms with Crippen molar-refractivity contribution in [2.24, 2.45) is 0 Å². The average Bonchev–Trinajstić information content (AvgIpc) is 3.25. The van der Waals surface area contributed by atoms with Gasteiger partial charge in [0.25, 0.3) is 0 Å². The van der Waals surface area contributed by atoms with E-state index < -0.39 is 6.51 Å². The molecule has 10 unspecified atom stereocenters. The van der Waals surface area contributed by atoms with Crippen LogP contribution in [-0.4, -0.2) is 11.6 Å². The van der Waals surface area contributed by atoms with Gasteiger partial charge in [-0.1, -0.05) is 0 Å². The van der Waals surface area contributed by atoms with Gasteiger partial charge in [0.2, 0.25) is 0 Å². The van der Waals surface area contributed by atoms with E-state index >= 15 is 0 Å². The number of hydrogen-bond donors (Lipinski definition) is 0. The van der Waals surface area contributed by atoms with Crippen molar-refractivity contribution in [2.45, 2.75) is 73.8 Å². The summed E-state index contributed by atoms with van der Waals surface area (Å²) in [6, 6.07) is 0. The Morgan fingerprint density at radius 1 is 0.789 bits per heavy atom. The zero-order valence-electron chi connectivity index (χ0n) is 11.6. The maximum absolute atomic E-state index is 12.8. The van der Waals surface area contributed by atoms with Gasteiger partial charge in [-0.2, -0.15) is 0 Å². The van der Waals surface area contributed by atoms with Crippen LogP contribution in [0.25, 0.3) is 0 Å². The molecule has 10 rings (SSSR count). The average molecular weight is 298 g/mol. The number of ketones is 2. The quantitative estimate of drug-likeness (QED) is 0.720. The molecular weight excluding hydrogens is 280 g/mol. The SMILES string of the molecule is CC(=O)[C]12[CH]3[CH]4[C]5(C)[CH]1[Fe]43521678[CH]2[CH]1[C]6(C(C)=O)[CH]7[C]28C. The fraction of sp³-hybridized carbons (Fsp3) is 0.875. The normalized spacial score (nSPS) is 119. The van der Waals surface area contributed by atoms with E-state index in [1.807, 2.05) is 13.8 Å². The topological polar surface area (TPSA) is 34.1 Å². The van der Waals surface area contributed by atoms with Crippen LogP contribution in [0.4, 0.5) is 0 Å². The summed E-state index contributed by atoms with van der Waals surface area (Å²) in [4.78, 5) is 30.9. The van der Waals surface area contributed by atoms with E-state index in [4.69, 9.17) is 0 Å². The van der Waals surface area contributed by atoms with Crippen molar-refractivity contribution in [3.05, 3.63) is 0 Å².